The molecule has 1 aromatic rings. The number of carbonyl (C=O) groups is 2. The molecule has 1 atom stereocenters. The predicted octanol–water partition coefficient (Wildman–Crippen LogP) is 2.11. The van der Waals surface area contributed by atoms with Gasteiger partial charge in [-0.1, -0.05) is 6.07 Å². The summed E-state index contributed by atoms with van der Waals surface area (Å²) in [5.41, 5.74) is 1.30. The molecule has 1 aliphatic heterocycles. The normalized spacial score (nSPS) is 19.4. The van der Waals surface area contributed by atoms with Gasteiger partial charge in [-0.3, -0.25) is 9.59 Å². The number of aryl methyl sites for hydroxylation is 1. The Balaban J connectivity index is 1.99. The second kappa shape index (κ2) is 6.50. The molecule has 0 aromatic carbocycles. The van der Waals surface area contributed by atoms with Crippen LogP contribution in [-0.2, 0) is 4.79 Å². The standard InChI is InChI=1S/C15H20N2O3/c1-11-4-2-6-13(16-11)15(20)17-8-3-5-12(7-9-17)10-14(18)19/h2,4,6,12H,3,5,7-10H2,1H3,(H,18,19). The van der Waals surface area contributed by atoms with Crippen LogP contribution in [0.3, 0.4) is 0 Å². The molecule has 1 amide bonds. The van der Waals surface area contributed by atoms with Crippen LogP contribution in [0.1, 0.15) is 41.9 Å². The molecular formula is C15H20N2O3. The van der Waals surface area contributed by atoms with Crippen LogP contribution >= 0.6 is 0 Å². The average Bonchev–Trinajstić information content (AvgIpc) is 2.63. The summed E-state index contributed by atoms with van der Waals surface area (Å²) in [7, 11) is 0. The van der Waals surface area contributed by atoms with Gasteiger partial charge in [-0.05, 0) is 44.2 Å². The van der Waals surface area contributed by atoms with Crippen LogP contribution in [0.25, 0.3) is 0 Å². The molecule has 0 saturated carbocycles. The number of rotatable bonds is 3. The quantitative estimate of drug-likeness (QED) is 0.918. The Morgan fingerprint density at radius 1 is 1.35 bits per heavy atom. The third-order valence-electron chi connectivity index (χ3n) is 3.71. The SMILES string of the molecule is Cc1cccc(C(=O)N2CCCC(CC(=O)O)CC2)n1. The number of aromatic nitrogens is 1. The highest BCUT2D eigenvalue weighted by Crippen LogP contribution is 2.21. The van der Waals surface area contributed by atoms with E-state index in [-0.39, 0.29) is 18.2 Å². The van der Waals surface area contributed by atoms with Gasteiger partial charge in [0.05, 0.1) is 0 Å². The van der Waals surface area contributed by atoms with Gasteiger partial charge in [-0.15, -0.1) is 0 Å². The van der Waals surface area contributed by atoms with E-state index in [2.05, 4.69) is 4.98 Å². The molecule has 2 heterocycles. The topological polar surface area (TPSA) is 70.5 Å². The maximum Gasteiger partial charge on any atom is 0.303 e. The third kappa shape index (κ3) is 3.79. The number of amides is 1. The van der Waals surface area contributed by atoms with E-state index in [9.17, 15) is 9.59 Å². The minimum Gasteiger partial charge on any atom is -0.481 e. The van der Waals surface area contributed by atoms with E-state index < -0.39 is 5.97 Å². The summed E-state index contributed by atoms with van der Waals surface area (Å²) < 4.78 is 0. The van der Waals surface area contributed by atoms with E-state index in [1.54, 1.807) is 11.0 Å². The van der Waals surface area contributed by atoms with Gasteiger partial charge < -0.3 is 10.0 Å². The number of carbonyl (C=O) groups excluding carboxylic acids is 1. The fourth-order valence-electron chi connectivity index (χ4n) is 2.64. The van der Waals surface area contributed by atoms with Gasteiger partial charge in [0.25, 0.3) is 5.91 Å². The van der Waals surface area contributed by atoms with Crippen LogP contribution < -0.4 is 0 Å². The summed E-state index contributed by atoms with van der Waals surface area (Å²) in [4.78, 5) is 29.2. The van der Waals surface area contributed by atoms with E-state index in [1.165, 1.54) is 0 Å². The van der Waals surface area contributed by atoms with Crippen LogP contribution in [0.5, 0.6) is 0 Å². The first-order valence-corrected chi connectivity index (χ1v) is 7.01. The Labute approximate surface area is 118 Å². The van der Waals surface area contributed by atoms with Crippen molar-refractivity contribution < 1.29 is 14.7 Å². The molecule has 108 valence electrons. The number of hydrogen-bond donors (Lipinski definition) is 1. The van der Waals surface area contributed by atoms with Crippen molar-refractivity contribution in [1.82, 2.24) is 9.88 Å². The molecule has 5 nitrogen and oxygen atoms in total. The van der Waals surface area contributed by atoms with Gasteiger partial charge in [-0.2, -0.15) is 0 Å². The van der Waals surface area contributed by atoms with Crippen molar-refractivity contribution >= 4 is 11.9 Å². The van der Waals surface area contributed by atoms with Crippen molar-refractivity contribution in [3.05, 3.63) is 29.6 Å². The van der Waals surface area contributed by atoms with E-state index in [4.69, 9.17) is 5.11 Å². The van der Waals surface area contributed by atoms with Crippen LogP contribution in [0, 0.1) is 12.8 Å². The van der Waals surface area contributed by atoms with Crippen molar-refractivity contribution in [2.24, 2.45) is 5.92 Å². The summed E-state index contributed by atoms with van der Waals surface area (Å²) in [6, 6.07) is 5.43. The second-order valence-corrected chi connectivity index (χ2v) is 5.35. The Hall–Kier alpha value is -1.91. The Bertz CT molecular complexity index is 502. The molecule has 1 aliphatic rings. The highest BCUT2D eigenvalue weighted by molar-refractivity contribution is 5.92. The highest BCUT2D eigenvalue weighted by Gasteiger charge is 2.23. The second-order valence-electron chi connectivity index (χ2n) is 5.35. The molecule has 5 heteroatoms. The summed E-state index contributed by atoms with van der Waals surface area (Å²) in [6.07, 6.45) is 2.68. The summed E-state index contributed by atoms with van der Waals surface area (Å²) in [6.45, 7) is 3.17. The maximum atomic E-state index is 12.4. The number of carboxylic acids is 1. The number of nitrogens with zero attached hydrogens (tertiary/aromatic N) is 2. The fraction of sp³-hybridized carbons (Fsp3) is 0.533. The summed E-state index contributed by atoms with van der Waals surface area (Å²) in [5, 5.41) is 8.85. The maximum absolute atomic E-state index is 12.4. The smallest absolute Gasteiger partial charge is 0.303 e. The first kappa shape index (κ1) is 14.5. The number of aliphatic carboxylic acids is 1. The monoisotopic (exact) mass is 276 g/mol. The zero-order valence-corrected chi connectivity index (χ0v) is 11.7. The average molecular weight is 276 g/mol. The molecule has 0 radical (unpaired) electrons. The van der Waals surface area contributed by atoms with Gasteiger partial charge in [0, 0.05) is 25.2 Å². The molecule has 1 unspecified atom stereocenters. The Morgan fingerprint density at radius 3 is 2.85 bits per heavy atom. The van der Waals surface area contributed by atoms with Crippen molar-refractivity contribution in [3.8, 4) is 0 Å². The van der Waals surface area contributed by atoms with Crippen molar-refractivity contribution in [2.45, 2.75) is 32.6 Å². The van der Waals surface area contributed by atoms with Gasteiger partial charge in [0.15, 0.2) is 0 Å². The summed E-state index contributed by atoms with van der Waals surface area (Å²) >= 11 is 0. The number of likely N-dealkylation sites (tertiary alicyclic amines) is 1. The third-order valence-corrected chi connectivity index (χ3v) is 3.71. The Morgan fingerprint density at radius 2 is 2.15 bits per heavy atom. The lowest BCUT2D eigenvalue weighted by molar-refractivity contribution is -0.138. The molecule has 2 rings (SSSR count). The van der Waals surface area contributed by atoms with E-state index in [1.807, 2.05) is 19.1 Å². The lowest BCUT2D eigenvalue weighted by Crippen LogP contribution is -2.32. The zero-order chi connectivity index (χ0) is 14.5. The highest BCUT2D eigenvalue weighted by atomic mass is 16.4. The van der Waals surface area contributed by atoms with Gasteiger partial charge in [0.2, 0.25) is 0 Å². The van der Waals surface area contributed by atoms with E-state index in [0.717, 1.165) is 25.0 Å². The molecule has 20 heavy (non-hydrogen) atoms. The van der Waals surface area contributed by atoms with Crippen molar-refractivity contribution in [3.63, 3.8) is 0 Å². The lowest BCUT2D eigenvalue weighted by atomic mass is 9.97. The molecule has 1 aromatic heterocycles. The van der Waals surface area contributed by atoms with Gasteiger partial charge in [-0.25, -0.2) is 4.98 Å². The molecule has 0 spiro atoms. The van der Waals surface area contributed by atoms with Crippen LogP contribution in [0.15, 0.2) is 18.2 Å². The molecule has 0 aliphatic carbocycles. The molecule has 0 bridgehead atoms. The van der Waals surface area contributed by atoms with Crippen LogP contribution in [0.4, 0.5) is 0 Å². The Kier molecular flexibility index (Phi) is 4.71. The molecule has 1 N–H and O–H groups in total. The first-order valence-electron chi connectivity index (χ1n) is 7.01. The number of hydrogen-bond acceptors (Lipinski definition) is 3. The largest absolute Gasteiger partial charge is 0.481 e. The number of carboxylic acid groups (broad SMARTS) is 1. The van der Waals surface area contributed by atoms with Gasteiger partial charge >= 0.3 is 5.97 Å². The van der Waals surface area contributed by atoms with Crippen molar-refractivity contribution in [1.29, 1.82) is 0 Å². The van der Waals surface area contributed by atoms with Crippen molar-refractivity contribution in [2.75, 3.05) is 13.1 Å². The minimum absolute atomic E-state index is 0.0512. The fourth-order valence-corrected chi connectivity index (χ4v) is 2.64. The van der Waals surface area contributed by atoms with E-state index in [0.29, 0.717) is 18.8 Å². The van der Waals surface area contributed by atoms with E-state index >= 15 is 0 Å². The predicted molar refractivity (Wildman–Crippen MR) is 74.5 cm³/mol. The van der Waals surface area contributed by atoms with Gasteiger partial charge in [0.1, 0.15) is 5.69 Å². The van der Waals surface area contributed by atoms with Crippen LogP contribution in [-0.4, -0.2) is 40.0 Å². The minimum atomic E-state index is -0.755. The van der Waals surface area contributed by atoms with Crippen LogP contribution in [0.2, 0.25) is 0 Å². The molecular weight excluding hydrogens is 256 g/mol. The summed E-state index contributed by atoms with van der Waals surface area (Å²) in [5.74, 6) is -0.629. The first-order chi connectivity index (χ1) is 9.56. The molecule has 1 saturated heterocycles. The lowest BCUT2D eigenvalue weighted by Gasteiger charge is -2.20. The zero-order valence-electron chi connectivity index (χ0n) is 11.7. The number of pyridine rings is 1. The molecule has 1 fully saturated rings.